The minimum Gasteiger partial charge on any atom is -0.382 e. The topological polar surface area (TPSA) is 9.23 Å². The molecule has 0 fully saturated rings. The van der Waals surface area contributed by atoms with E-state index >= 15 is 0 Å². The van der Waals surface area contributed by atoms with Crippen LogP contribution in [0, 0.1) is 5.92 Å². The van der Waals surface area contributed by atoms with Gasteiger partial charge in [0.1, 0.15) is 0 Å². The van der Waals surface area contributed by atoms with Crippen molar-refractivity contribution in [2.75, 3.05) is 7.11 Å². The summed E-state index contributed by atoms with van der Waals surface area (Å²) in [6.45, 7) is 10.5. The molecule has 1 nitrogen and oxygen atoms in total. The van der Waals surface area contributed by atoms with Gasteiger partial charge in [0.15, 0.2) is 0 Å². The van der Waals surface area contributed by atoms with Gasteiger partial charge >= 0.3 is 0 Å². The van der Waals surface area contributed by atoms with E-state index < -0.39 is 0 Å². The third kappa shape index (κ3) is 72.1. The molecule has 0 rings (SSSR count). The van der Waals surface area contributed by atoms with Crippen molar-refractivity contribution in [2.24, 2.45) is 5.92 Å². The fraction of sp³-hybridized carbons (Fsp3) is 1.00. The SMILES string of the molecule is CC(C)C.COC(C)C.[W]. The van der Waals surface area contributed by atoms with Crippen molar-refractivity contribution in [2.45, 2.75) is 40.7 Å². The largest absolute Gasteiger partial charge is 0.382 e. The summed E-state index contributed by atoms with van der Waals surface area (Å²) >= 11 is 0. The second-order valence-electron chi connectivity index (χ2n) is 3.02. The molecular formula is C8H20OW. The molecule has 0 aliphatic carbocycles. The second kappa shape index (κ2) is 12.3. The van der Waals surface area contributed by atoms with Gasteiger partial charge in [-0.2, -0.15) is 0 Å². The molecule has 0 atom stereocenters. The molecule has 0 amide bonds. The van der Waals surface area contributed by atoms with Crippen LogP contribution < -0.4 is 0 Å². The van der Waals surface area contributed by atoms with Crippen molar-refractivity contribution in [3.8, 4) is 0 Å². The molecule has 0 N–H and O–H groups in total. The van der Waals surface area contributed by atoms with Crippen LogP contribution >= 0.6 is 0 Å². The molecule has 2 heteroatoms. The van der Waals surface area contributed by atoms with Gasteiger partial charge in [0.05, 0.1) is 6.10 Å². The first-order valence-corrected chi connectivity index (χ1v) is 3.53. The molecular weight excluding hydrogens is 296 g/mol. The maximum absolute atomic E-state index is 4.75. The van der Waals surface area contributed by atoms with Crippen LogP contribution in [0.15, 0.2) is 0 Å². The van der Waals surface area contributed by atoms with E-state index in [1.54, 1.807) is 7.11 Å². The molecule has 0 aliphatic rings. The molecule has 0 aromatic carbocycles. The number of ether oxygens (including phenoxy) is 1. The fourth-order valence-electron chi connectivity index (χ4n) is 0. The van der Waals surface area contributed by atoms with E-state index in [0.29, 0.717) is 6.10 Å². The third-order valence-corrected chi connectivity index (χ3v) is 0.471. The van der Waals surface area contributed by atoms with Gasteiger partial charge in [-0.1, -0.05) is 20.8 Å². The average molecular weight is 316 g/mol. The summed E-state index contributed by atoms with van der Waals surface area (Å²) in [5, 5.41) is 0. The molecule has 0 heterocycles. The monoisotopic (exact) mass is 316 g/mol. The molecule has 0 aromatic heterocycles. The summed E-state index contributed by atoms with van der Waals surface area (Å²) in [4.78, 5) is 0. The standard InChI is InChI=1S/C4H10O.C4H10.W/c1-4(2)5-3;1-4(2)3;/h4H,1-3H3;4H,1-3H3;. The summed E-state index contributed by atoms with van der Waals surface area (Å²) in [6, 6.07) is 0. The van der Waals surface area contributed by atoms with Crippen molar-refractivity contribution in [1.82, 2.24) is 0 Å². The Kier molecular flexibility index (Phi) is 20.9. The van der Waals surface area contributed by atoms with Crippen LogP contribution in [0.5, 0.6) is 0 Å². The van der Waals surface area contributed by atoms with Gasteiger partial charge in [0.25, 0.3) is 0 Å². The molecule has 0 saturated carbocycles. The Balaban J connectivity index is -0.0000000910. The summed E-state index contributed by atoms with van der Waals surface area (Å²) in [7, 11) is 1.70. The van der Waals surface area contributed by atoms with Crippen LogP contribution in [0.25, 0.3) is 0 Å². The molecule has 10 heavy (non-hydrogen) atoms. The van der Waals surface area contributed by atoms with E-state index in [9.17, 15) is 0 Å². The van der Waals surface area contributed by atoms with E-state index in [1.807, 2.05) is 13.8 Å². The van der Waals surface area contributed by atoms with Crippen molar-refractivity contribution < 1.29 is 25.8 Å². The Morgan fingerprint density at radius 3 is 1.00 bits per heavy atom. The second-order valence-corrected chi connectivity index (χ2v) is 3.02. The van der Waals surface area contributed by atoms with Crippen molar-refractivity contribution in [1.29, 1.82) is 0 Å². The zero-order chi connectivity index (χ0) is 7.86. The van der Waals surface area contributed by atoms with E-state index in [2.05, 4.69) is 20.8 Å². The van der Waals surface area contributed by atoms with E-state index in [-0.39, 0.29) is 21.1 Å². The smallest absolute Gasteiger partial charge is 0.0515 e. The van der Waals surface area contributed by atoms with Crippen LogP contribution in [-0.2, 0) is 25.8 Å². The first-order valence-electron chi connectivity index (χ1n) is 3.53. The predicted octanol–water partition coefficient (Wildman–Crippen LogP) is 2.70. The zero-order valence-electron chi connectivity index (χ0n) is 7.97. The van der Waals surface area contributed by atoms with Gasteiger partial charge in [0, 0.05) is 28.2 Å². The molecule has 0 radical (unpaired) electrons. The Bertz CT molecular complexity index is 41.8. The molecule has 0 spiro atoms. The zero-order valence-corrected chi connectivity index (χ0v) is 10.9. The maximum Gasteiger partial charge on any atom is 0.0515 e. The molecule has 64 valence electrons. The predicted molar refractivity (Wildman–Crippen MR) is 42.7 cm³/mol. The molecule has 0 aromatic rings. The van der Waals surface area contributed by atoms with E-state index in [4.69, 9.17) is 4.74 Å². The first kappa shape index (κ1) is 16.9. The van der Waals surface area contributed by atoms with E-state index in [0.717, 1.165) is 5.92 Å². The minimum absolute atomic E-state index is 0. The quantitative estimate of drug-likeness (QED) is 0.723. The van der Waals surface area contributed by atoms with Crippen LogP contribution in [0.3, 0.4) is 0 Å². The minimum atomic E-state index is 0. The van der Waals surface area contributed by atoms with Gasteiger partial charge in [-0.05, 0) is 19.8 Å². The van der Waals surface area contributed by atoms with Gasteiger partial charge in [-0.15, -0.1) is 0 Å². The normalized spacial score (nSPS) is 8.40. The number of hydrogen-bond donors (Lipinski definition) is 0. The molecule has 0 bridgehead atoms. The average Bonchev–Trinajstić information content (AvgIpc) is 1.65. The van der Waals surface area contributed by atoms with Crippen LogP contribution in [0.1, 0.15) is 34.6 Å². The molecule has 0 saturated heterocycles. The Morgan fingerprint density at radius 1 is 0.900 bits per heavy atom. The fourth-order valence-corrected chi connectivity index (χ4v) is 0. The summed E-state index contributed by atoms with van der Waals surface area (Å²) in [6.07, 6.45) is 0.384. The van der Waals surface area contributed by atoms with Crippen LogP contribution in [0.4, 0.5) is 0 Å². The Morgan fingerprint density at radius 2 is 1.00 bits per heavy atom. The van der Waals surface area contributed by atoms with Gasteiger partial charge < -0.3 is 4.74 Å². The Hall–Kier alpha value is 0.648. The van der Waals surface area contributed by atoms with E-state index in [1.165, 1.54) is 0 Å². The molecule has 0 unspecified atom stereocenters. The summed E-state index contributed by atoms with van der Waals surface area (Å²) in [5.74, 6) is 0.833. The third-order valence-electron chi connectivity index (χ3n) is 0.471. The number of methoxy groups -OCH3 is 1. The maximum atomic E-state index is 4.75. The summed E-state index contributed by atoms with van der Waals surface area (Å²) in [5.41, 5.74) is 0. The van der Waals surface area contributed by atoms with Gasteiger partial charge in [0.2, 0.25) is 0 Å². The van der Waals surface area contributed by atoms with Crippen LogP contribution in [-0.4, -0.2) is 13.2 Å². The number of rotatable bonds is 1. The Labute approximate surface area is 79.8 Å². The van der Waals surface area contributed by atoms with Gasteiger partial charge in [-0.25, -0.2) is 0 Å². The van der Waals surface area contributed by atoms with Crippen LogP contribution in [0.2, 0.25) is 0 Å². The molecule has 0 aliphatic heterocycles. The first-order chi connectivity index (χ1) is 4.00. The summed E-state index contributed by atoms with van der Waals surface area (Å²) < 4.78 is 4.75. The van der Waals surface area contributed by atoms with Crippen molar-refractivity contribution >= 4 is 0 Å². The van der Waals surface area contributed by atoms with Crippen molar-refractivity contribution in [3.63, 3.8) is 0 Å². The van der Waals surface area contributed by atoms with Gasteiger partial charge in [-0.3, -0.25) is 0 Å². The van der Waals surface area contributed by atoms with Crippen molar-refractivity contribution in [3.05, 3.63) is 0 Å². The number of hydrogen-bond acceptors (Lipinski definition) is 1.